The number of rotatable bonds is 3. The van der Waals surface area contributed by atoms with Crippen LogP contribution in [-0.2, 0) is 11.3 Å². The molecule has 0 aromatic carbocycles. The number of nitrogens with zero attached hydrogens (tertiary/aromatic N) is 1. The first-order valence-electron chi connectivity index (χ1n) is 5.51. The van der Waals surface area contributed by atoms with Gasteiger partial charge in [0.25, 0.3) is 0 Å². The van der Waals surface area contributed by atoms with Crippen LogP contribution in [0.2, 0.25) is 0 Å². The number of hydrogen-bond donors (Lipinski definition) is 2. The summed E-state index contributed by atoms with van der Waals surface area (Å²) in [4.78, 5) is 15.9. The molecular weight excluding hydrogens is 206 g/mol. The molecule has 16 heavy (non-hydrogen) atoms. The molecule has 0 bridgehead atoms. The maximum atomic E-state index is 11.7. The number of hydrogen-bond acceptors (Lipinski definition) is 4. The van der Waals surface area contributed by atoms with Crippen LogP contribution in [0.15, 0.2) is 4.42 Å². The Morgan fingerprint density at radius 3 is 2.69 bits per heavy atom. The van der Waals surface area contributed by atoms with Gasteiger partial charge in [-0.1, -0.05) is 0 Å². The second-order valence-corrected chi connectivity index (χ2v) is 4.44. The van der Waals surface area contributed by atoms with E-state index < -0.39 is 5.54 Å². The van der Waals surface area contributed by atoms with E-state index in [1.54, 1.807) is 0 Å². The molecule has 3 N–H and O–H groups in total. The molecule has 1 aromatic rings. The molecule has 0 atom stereocenters. The molecule has 1 aliphatic rings. The van der Waals surface area contributed by atoms with Crippen molar-refractivity contribution in [1.29, 1.82) is 0 Å². The first-order valence-corrected chi connectivity index (χ1v) is 5.51. The molecule has 1 aliphatic carbocycles. The van der Waals surface area contributed by atoms with E-state index in [0.29, 0.717) is 12.4 Å². The average Bonchev–Trinajstić information content (AvgIpc) is 2.51. The number of aryl methyl sites for hydroxylation is 2. The van der Waals surface area contributed by atoms with Crippen LogP contribution in [0.1, 0.15) is 36.6 Å². The van der Waals surface area contributed by atoms with E-state index in [1.807, 2.05) is 13.8 Å². The monoisotopic (exact) mass is 223 g/mol. The minimum Gasteiger partial charge on any atom is -0.444 e. The van der Waals surface area contributed by atoms with Crippen molar-refractivity contribution in [3.05, 3.63) is 17.3 Å². The van der Waals surface area contributed by atoms with Crippen LogP contribution in [0.25, 0.3) is 0 Å². The molecule has 88 valence electrons. The lowest BCUT2D eigenvalue weighted by Crippen LogP contribution is -2.58. The van der Waals surface area contributed by atoms with E-state index >= 15 is 0 Å². The Hall–Kier alpha value is -1.36. The van der Waals surface area contributed by atoms with Crippen molar-refractivity contribution >= 4 is 5.91 Å². The van der Waals surface area contributed by atoms with Crippen LogP contribution < -0.4 is 11.1 Å². The van der Waals surface area contributed by atoms with Crippen molar-refractivity contribution in [2.75, 3.05) is 0 Å². The van der Waals surface area contributed by atoms with E-state index in [2.05, 4.69) is 10.3 Å². The topological polar surface area (TPSA) is 81.2 Å². The Labute approximate surface area is 94.4 Å². The normalized spacial score (nSPS) is 17.9. The number of carbonyl (C=O) groups excluding carboxylic acids is 1. The number of amides is 1. The van der Waals surface area contributed by atoms with Crippen molar-refractivity contribution in [1.82, 2.24) is 10.3 Å². The van der Waals surface area contributed by atoms with Gasteiger partial charge in [-0.05, 0) is 33.1 Å². The van der Waals surface area contributed by atoms with Crippen LogP contribution in [0.3, 0.4) is 0 Å². The number of nitrogens with two attached hydrogens (primary N) is 1. The quantitative estimate of drug-likeness (QED) is 0.793. The van der Waals surface area contributed by atoms with E-state index in [0.717, 1.165) is 30.7 Å². The van der Waals surface area contributed by atoms with E-state index in [9.17, 15) is 4.79 Å². The minimum atomic E-state index is -0.656. The highest BCUT2D eigenvalue weighted by molar-refractivity contribution is 5.86. The Balaban J connectivity index is 1.90. The third-order valence-electron chi connectivity index (χ3n) is 3.17. The summed E-state index contributed by atoms with van der Waals surface area (Å²) in [5.74, 6) is 1.22. The largest absolute Gasteiger partial charge is 0.444 e. The zero-order valence-electron chi connectivity index (χ0n) is 9.67. The zero-order chi connectivity index (χ0) is 11.8. The molecule has 0 saturated heterocycles. The Kier molecular flexibility index (Phi) is 2.71. The van der Waals surface area contributed by atoms with E-state index in [-0.39, 0.29) is 5.91 Å². The molecule has 5 heteroatoms. The first-order chi connectivity index (χ1) is 7.51. The van der Waals surface area contributed by atoms with Crippen LogP contribution in [0, 0.1) is 13.8 Å². The fraction of sp³-hybridized carbons (Fsp3) is 0.636. The third-order valence-corrected chi connectivity index (χ3v) is 3.17. The van der Waals surface area contributed by atoms with Crippen molar-refractivity contribution in [3.8, 4) is 0 Å². The highest BCUT2D eigenvalue weighted by Gasteiger charge is 2.39. The smallest absolute Gasteiger partial charge is 0.240 e. The second-order valence-electron chi connectivity index (χ2n) is 4.44. The summed E-state index contributed by atoms with van der Waals surface area (Å²) in [5, 5.41) is 2.76. The van der Waals surface area contributed by atoms with Gasteiger partial charge < -0.3 is 15.5 Å². The lowest BCUT2D eigenvalue weighted by molar-refractivity contribution is -0.129. The highest BCUT2D eigenvalue weighted by atomic mass is 16.4. The van der Waals surface area contributed by atoms with Gasteiger partial charge in [0.1, 0.15) is 5.76 Å². The molecule has 0 unspecified atom stereocenters. The number of aromatic nitrogens is 1. The van der Waals surface area contributed by atoms with Gasteiger partial charge >= 0.3 is 0 Å². The SMILES string of the molecule is Cc1nc(CNC(=O)C2(N)CCC2)oc1C. The van der Waals surface area contributed by atoms with Crippen molar-refractivity contribution in [2.24, 2.45) is 5.73 Å². The molecule has 1 aromatic heterocycles. The number of carbonyl (C=O) groups is 1. The standard InChI is InChI=1S/C11H17N3O2/c1-7-8(2)16-9(14-7)6-13-10(15)11(12)4-3-5-11/h3-6,12H2,1-2H3,(H,13,15). The lowest BCUT2D eigenvalue weighted by Gasteiger charge is -2.35. The molecule has 0 radical (unpaired) electrons. The minimum absolute atomic E-state index is 0.104. The Morgan fingerprint density at radius 1 is 1.56 bits per heavy atom. The van der Waals surface area contributed by atoms with Crippen molar-refractivity contribution in [2.45, 2.75) is 45.2 Å². The molecule has 5 nitrogen and oxygen atoms in total. The molecule has 1 fully saturated rings. The van der Waals surface area contributed by atoms with E-state index in [4.69, 9.17) is 10.2 Å². The Bertz CT molecular complexity index is 388. The highest BCUT2D eigenvalue weighted by Crippen LogP contribution is 2.29. The van der Waals surface area contributed by atoms with Crippen LogP contribution in [-0.4, -0.2) is 16.4 Å². The summed E-state index contributed by atoms with van der Waals surface area (Å²) in [6, 6.07) is 0. The molecular formula is C11H17N3O2. The van der Waals surface area contributed by atoms with Gasteiger partial charge in [-0.2, -0.15) is 0 Å². The number of nitrogens with one attached hydrogen (secondary N) is 1. The molecule has 1 saturated carbocycles. The molecule has 2 rings (SSSR count). The third kappa shape index (κ3) is 1.95. The average molecular weight is 223 g/mol. The zero-order valence-corrected chi connectivity index (χ0v) is 9.67. The predicted octanol–water partition coefficient (Wildman–Crippen LogP) is 0.789. The van der Waals surface area contributed by atoms with Gasteiger partial charge in [0.05, 0.1) is 17.8 Å². The van der Waals surface area contributed by atoms with Gasteiger partial charge in [0.2, 0.25) is 11.8 Å². The van der Waals surface area contributed by atoms with Gasteiger partial charge in [0, 0.05) is 0 Å². The molecule has 0 spiro atoms. The van der Waals surface area contributed by atoms with Crippen LogP contribution in [0.5, 0.6) is 0 Å². The summed E-state index contributed by atoms with van der Waals surface area (Å²) in [6.07, 6.45) is 2.56. The van der Waals surface area contributed by atoms with Gasteiger partial charge in [-0.3, -0.25) is 4.79 Å². The maximum Gasteiger partial charge on any atom is 0.240 e. The predicted molar refractivity (Wildman–Crippen MR) is 58.6 cm³/mol. The van der Waals surface area contributed by atoms with Gasteiger partial charge in [0.15, 0.2) is 0 Å². The summed E-state index contributed by atoms with van der Waals surface area (Å²) in [5.41, 5.74) is 6.08. The van der Waals surface area contributed by atoms with E-state index in [1.165, 1.54) is 0 Å². The summed E-state index contributed by atoms with van der Waals surface area (Å²) in [7, 11) is 0. The second kappa shape index (κ2) is 3.90. The maximum absolute atomic E-state index is 11.7. The molecule has 1 heterocycles. The Morgan fingerprint density at radius 2 is 2.25 bits per heavy atom. The molecule has 0 aliphatic heterocycles. The summed E-state index contributed by atoms with van der Waals surface area (Å²) in [6.45, 7) is 4.04. The fourth-order valence-corrected chi connectivity index (χ4v) is 1.73. The van der Waals surface area contributed by atoms with Crippen molar-refractivity contribution in [3.63, 3.8) is 0 Å². The summed E-state index contributed by atoms with van der Waals surface area (Å²) < 4.78 is 5.36. The van der Waals surface area contributed by atoms with Gasteiger partial charge in [-0.15, -0.1) is 0 Å². The van der Waals surface area contributed by atoms with Gasteiger partial charge in [-0.25, -0.2) is 4.98 Å². The first kappa shape index (κ1) is 11.1. The fourth-order valence-electron chi connectivity index (χ4n) is 1.73. The van der Waals surface area contributed by atoms with Crippen LogP contribution in [0.4, 0.5) is 0 Å². The number of oxazole rings is 1. The van der Waals surface area contributed by atoms with Crippen molar-refractivity contribution < 1.29 is 9.21 Å². The lowest BCUT2D eigenvalue weighted by atomic mass is 9.77. The van der Waals surface area contributed by atoms with Crippen LogP contribution >= 0.6 is 0 Å². The summed E-state index contributed by atoms with van der Waals surface area (Å²) >= 11 is 0. The molecule has 1 amide bonds.